The number of nitrogens with one attached hydrogen (secondary N) is 1. The Morgan fingerprint density at radius 1 is 1.15 bits per heavy atom. The Hall–Kier alpha value is -0.980. The van der Waals surface area contributed by atoms with E-state index in [1.165, 1.54) is 12.1 Å². The van der Waals surface area contributed by atoms with Gasteiger partial charge in [-0.15, -0.1) is 12.4 Å². The second-order valence-electron chi connectivity index (χ2n) is 2.27. The summed E-state index contributed by atoms with van der Waals surface area (Å²) in [6.07, 6.45) is 0. The van der Waals surface area contributed by atoms with Gasteiger partial charge in [0.15, 0.2) is 0 Å². The van der Waals surface area contributed by atoms with E-state index in [-0.39, 0.29) is 12.4 Å². The van der Waals surface area contributed by atoms with E-state index in [0.29, 0.717) is 11.4 Å². The lowest BCUT2D eigenvalue weighted by molar-refractivity contribution is 0.603. The minimum Gasteiger partial charge on any atom is -0.399 e. The van der Waals surface area contributed by atoms with Crippen LogP contribution in [-0.4, -0.2) is 8.42 Å². The van der Waals surface area contributed by atoms with Crippen LogP contribution >= 0.6 is 12.4 Å². The Labute approximate surface area is 82.7 Å². The fourth-order valence-electron chi connectivity index (χ4n) is 0.715. The van der Waals surface area contributed by atoms with E-state index >= 15 is 0 Å². The topological polar surface area (TPSA) is 98.2 Å². The maximum atomic E-state index is 10.5. The molecule has 5 N–H and O–H groups in total. The molecule has 0 aromatic heterocycles. The minimum absolute atomic E-state index is 0. The first-order chi connectivity index (χ1) is 5.47. The molecule has 5 nitrogen and oxygen atoms in total. The van der Waals surface area contributed by atoms with Crippen molar-refractivity contribution in [3.05, 3.63) is 24.3 Å². The summed E-state index contributed by atoms with van der Waals surface area (Å²) < 4.78 is 23.1. The molecular formula is C6H10ClN3O2S. The first-order valence-electron chi connectivity index (χ1n) is 3.13. The zero-order chi connectivity index (χ0) is 9.19. The van der Waals surface area contributed by atoms with E-state index < -0.39 is 10.2 Å². The summed E-state index contributed by atoms with van der Waals surface area (Å²) >= 11 is 0. The molecule has 0 unspecified atom stereocenters. The molecule has 74 valence electrons. The van der Waals surface area contributed by atoms with E-state index in [4.69, 9.17) is 10.9 Å². The summed E-state index contributed by atoms with van der Waals surface area (Å²) in [5, 5.41) is 4.74. The van der Waals surface area contributed by atoms with Gasteiger partial charge < -0.3 is 5.73 Å². The molecule has 0 aliphatic heterocycles. The first-order valence-corrected chi connectivity index (χ1v) is 4.68. The molecule has 0 amide bonds. The average molecular weight is 224 g/mol. The fraction of sp³-hybridized carbons (Fsp3) is 0. The minimum atomic E-state index is -3.68. The lowest BCUT2D eigenvalue weighted by Crippen LogP contribution is -2.21. The van der Waals surface area contributed by atoms with E-state index in [1.807, 2.05) is 0 Å². The van der Waals surface area contributed by atoms with Crippen LogP contribution in [0.1, 0.15) is 0 Å². The fourth-order valence-corrected chi connectivity index (χ4v) is 1.18. The third-order valence-electron chi connectivity index (χ3n) is 1.17. The molecule has 0 saturated heterocycles. The van der Waals surface area contributed by atoms with E-state index in [1.54, 1.807) is 12.1 Å². The van der Waals surface area contributed by atoms with Gasteiger partial charge in [0.1, 0.15) is 0 Å². The summed E-state index contributed by atoms with van der Waals surface area (Å²) in [5.74, 6) is 0. The molecule has 0 aliphatic carbocycles. The third kappa shape index (κ3) is 4.56. The standard InChI is InChI=1S/C6H9N3O2S.ClH/c7-5-1-3-6(4-2-5)9-12(8,10)11;/h1-4,9H,7H2,(H2,8,10,11);1H. The van der Waals surface area contributed by atoms with Crippen molar-refractivity contribution in [2.75, 3.05) is 10.5 Å². The van der Waals surface area contributed by atoms with Gasteiger partial charge in [-0.2, -0.15) is 8.42 Å². The summed E-state index contributed by atoms with van der Waals surface area (Å²) in [7, 11) is -3.68. The van der Waals surface area contributed by atoms with Crippen molar-refractivity contribution in [3.63, 3.8) is 0 Å². The Morgan fingerprint density at radius 3 is 2.00 bits per heavy atom. The van der Waals surface area contributed by atoms with Crippen LogP contribution in [-0.2, 0) is 10.2 Å². The van der Waals surface area contributed by atoms with Gasteiger partial charge in [-0.1, -0.05) is 0 Å². The van der Waals surface area contributed by atoms with Crippen molar-refractivity contribution in [1.82, 2.24) is 0 Å². The van der Waals surface area contributed by atoms with Gasteiger partial charge in [0.25, 0.3) is 10.2 Å². The number of rotatable bonds is 2. The summed E-state index contributed by atoms with van der Waals surface area (Å²) in [6.45, 7) is 0. The van der Waals surface area contributed by atoms with Crippen LogP contribution in [0.15, 0.2) is 24.3 Å². The van der Waals surface area contributed by atoms with Gasteiger partial charge in [-0.3, -0.25) is 4.72 Å². The molecule has 0 heterocycles. The zero-order valence-electron chi connectivity index (χ0n) is 6.60. The van der Waals surface area contributed by atoms with Gasteiger partial charge in [-0.25, -0.2) is 5.14 Å². The van der Waals surface area contributed by atoms with E-state index in [0.717, 1.165) is 0 Å². The third-order valence-corrected chi connectivity index (χ3v) is 1.69. The van der Waals surface area contributed by atoms with Crippen LogP contribution in [0.3, 0.4) is 0 Å². The average Bonchev–Trinajstić information content (AvgIpc) is 1.91. The van der Waals surface area contributed by atoms with Crippen LogP contribution in [0.25, 0.3) is 0 Å². The number of anilines is 2. The van der Waals surface area contributed by atoms with Gasteiger partial charge in [0, 0.05) is 11.4 Å². The Bertz CT molecular complexity index is 362. The van der Waals surface area contributed by atoms with Crippen LogP contribution < -0.4 is 15.6 Å². The van der Waals surface area contributed by atoms with Crippen LogP contribution in [0.4, 0.5) is 11.4 Å². The number of halogens is 1. The van der Waals surface area contributed by atoms with Gasteiger partial charge in [0.2, 0.25) is 0 Å². The van der Waals surface area contributed by atoms with Gasteiger partial charge in [-0.05, 0) is 24.3 Å². The van der Waals surface area contributed by atoms with E-state index in [9.17, 15) is 8.42 Å². The summed E-state index contributed by atoms with van der Waals surface area (Å²) in [4.78, 5) is 0. The maximum absolute atomic E-state index is 10.5. The molecular weight excluding hydrogens is 214 g/mol. The van der Waals surface area contributed by atoms with Crippen molar-refractivity contribution in [2.24, 2.45) is 5.14 Å². The molecule has 0 atom stereocenters. The van der Waals surface area contributed by atoms with Crippen molar-refractivity contribution >= 4 is 34.0 Å². The predicted octanol–water partition coefficient (Wildman–Crippen LogP) is 0.306. The molecule has 1 aromatic carbocycles. The zero-order valence-corrected chi connectivity index (χ0v) is 8.23. The Balaban J connectivity index is 0.00000144. The SMILES string of the molecule is Cl.Nc1ccc(NS(N)(=O)=O)cc1. The van der Waals surface area contributed by atoms with Crippen LogP contribution in [0, 0.1) is 0 Å². The second kappa shape index (κ2) is 4.31. The van der Waals surface area contributed by atoms with Crippen LogP contribution in [0.5, 0.6) is 0 Å². The quantitative estimate of drug-likeness (QED) is 0.629. The molecule has 13 heavy (non-hydrogen) atoms. The molecule has 1 rings (SSSR count). The lowest BCUT2D eigenvalue weighted by atomic mass is 10.3. The number of nitrogens with two attached hydrogens (primary N) is 2. The largest absolute Gasteiger partial charge is 0.399 e. The molecule has 0 aliphatic rings. The summed E-state index contributed by atoms with van der Waals surface area (Å²) in [6, 6.07) is 6.21. The maximum Gasteiger partial charge on any atom is 0.296 e. The molecule has 0 fully saturated rings. The number of benzene rings is 1. The predicted molar refractivity (Wildman–Crippen MR) is 54.8 cm³/mol. The molecule has 1 aromatic rings. The van der Waals surface area contributed by atoms with Crippen LogP contribution in [0.2, 0.25) is 0 Å². The first kappa shape index (κ1) is 12.0. The number of hydrogen-bond donors (Lipinski definition) is 3. The lowest BCUT2D eigenvalue weighted by Gasteiger charge is -2.02. The van der Waals surface area contributed by atoms with Crippen molar-refractivity contribution < 1.29 is 8.42 Å². The molecule has 0 saturated carbocycles. The Kier molecular flexibility index (Phi) is 3.99. The molecule has 7 heteroatoms. The molecule has 0 radical (unpaired) electrons. The smallest absolute Gasteiger partial charge is 0.296 e. The Morgan fingerprint density at radius 2 is 1.62 bits per heavy atom. The highest BCUT2D eigenvalue weighted by atomic mass is 35.5. The second-order valence-corrected chi connectivity index (χ2v) is 3.56. The van der Waals surface area contributed by atoms with E-state index in [2.05, 4.69) is 4.72 Å². The molecule has 0 spiro atoms. The summed E-state index contributed by atoms with van der Waals surface area (Å²) in [5.41, 5.74) is 6.34. The highest BCUT2D eigenvalue weighted by Crippen LogP contribution is 2.10. The normalized spacial score (nSPS) is 10.2. The number of nitrogen functional groups attached to an aromatic ring is 1. The monoisotopic (exact) mass is 223 g/mol. The van der Waals surface area contributed by atoms with Gasteiger partial charge in [0.05, 0.1) is 0 Å². The highest BCUT2D eigenvalue weighted by molar-refractivity contribution is 7.90. The van der Waals surface area contributed by atoms with Crippen molar-refractivity contribution in [2.45, 2.75) is 0 Å². The molecule has 0 bridgehead atoms. The van der Waals surface area contributed by atoms with Crippen molar-refractivity contribution in [3.8, 4) is 0 Å². The van der Waals surface area contributed by atoms with Crippen molar-refractivity contribution in [1.29, 1.82) is 0 Å². The number of hydrogen-bond acceptors (Lipinski definition) is 3. The van der Waals surface area contributed by atoms with Gasteiger partial charge >= 0.3 is 0 Å². The highest BCUT2D eigenvalue weighted by Gasteiger charge is 2.00.